The molecule has 130 valence electrons. The summed E-state index contributed by atoms with van der Waals surface area (Å²) in [5, 5.41) is 24.2. The average Bonchev–Trinajstić information content (AvgIpc) is 3.01. The summed E-state index contributed by atoms with van der Waals surface area (Å²) in [6, 6.07) is 7.59. The number of fused-ring (bicyclic) bond motifs is 1. The van der Waals surface area contributed by atoms with Crippen LogP contribution in [0.3, 0.4) is 0 Å². The highest BCUT2D eigenvalue weighted by Crippen LogP contribution is 2.35. The number of aliphatic hydroxyl groups is 1. The Morgan fingerprint density at radius 3 is 2.84 bits per heavy atom. The molecule has 9 nitrogen and oxygen atoms in total. The van der Waals surface area contributed by atoms with Crippen LogP contribution in [0.1, 0.15) is 6.92 Å². The number of nitrogens with zero attached hydrogens (tertiary/aromatic N) is 5. The number of likely N-dealkylation sites (N-methyl/N-ethyl adjacent to an activating group) is 1. The lowest BCUT2D eigenvalue weighted by atomic mass is 10.3. The third-order valence-electron chi connectivity index (χ3n) is 3.56. The number of hydrogen-bond donors (Lipinski definition) is 2. The summed E-state index contributed by atoms with van der Waals surface area (Å²) < 4.78 is 0.970. The Kier molecular flexibility index (Phi) is 5.00. The molecule has 2 heterocycles. The van der Waals surface area contributed by atoms with E-state index in [-0.39, 0.29) is 30.5 Å². The Balaban J connectivity index is 2.01. The van der Waals surface area contributed by atoms with Gasteiger partial charge in [-0.05, 0) is 19.1 Å². The molecule has 0 unspecified atom stereocenters. The molecule has 2 aromatic heterocycles. The van der Waals surface area contributed by atoms with Crippen molar-refractivity contribution in [2.45, 2.75) is 6.92 Å². The molecule has 0 radical (unpaired) electrons. The van der Waals surface area contributed by atoms with E-state index in [1.807, 2.05) is 31.2 Å². The number of benzene rings is 1. The van der Waals surface area contributed by atoms with Gasteiger partial charge >= 0.3 is 5.69 Å². The van der Waals surface area contributed by atoms with Gasteiger partial charge in [0.05, 0.1) is 21.7 Å². The van der Waals surface area contributed by atoms with Gasteiger partial charge in [-0.25, -0.2) is 15.0 Å². The van der Waals surface area contributed by atoms with Crippen LogP contribution in [0.15, 0.2) is 30.6 Å². The maximum Gasteiger partial charge on any atom is 0.353 e. The summed E-state index contributed by atoms with van der Waals surface area (Å²) >= 11 is 1.38. The Hall–Kier alpha value is -2.85. The highest BCUT2D eigenvalue weighted by molar-refractivity contribution is 7.22. The lowest BCUT2D eigenvalue weighted by Gasteiger charge is -2.20. The normalized spacial score (nSPS) is 10.8. The third-order valence-corrected chi connectivity index (χ3v) is 4.51. The van der Waals surface area contributed by atoms with E-state index in [4.69, 9.17) is 5.11 Å². The molecule has 3 rings (SSSR count). The van der Waals surface area contributed by atoms with E-state index < -0.39 is 4.92 Å². The van der Waals surface area contributed by atoms with Gasteiger partial charge < -0.3 is 15.3 Å². The first-order valence-corrected chi connectivity index (χ1v) is 8.43. The van der Waals surface area contributed by atoms with Gasteiger partial charge in [0.2, 0.25) is 11.6 Å². The maximum absolute atomic E-state index is 11.6. The van der Waals surface area contributed by atoms with Crippen LogP contribution in [0, 0.1) is 10.1 Å². The van der Waals surface area contributed by atoms with E-state index in [2.05, 4.69) is 20.3 Å². The van der Waals surface area contributed by atoms with Crippen molar-refractivity contribution in [3.05, 3.63) is 40.7 Å². The molecule has 0 atom stereocenters. The summed E-state index contributed by atoms with van der Waals surface area (Å²) in [4.78, 5) is 25.2. The van der Waals surface area contributed by atoms with Crippen molar-refractivity contribution in [3.8, 4) is 0 Å². The molecule has 3 aromatic rings. The van der Waals surface area contributed by atoms with E-state index >= 15 is 0 Å². The minimum Gasteiger partial charge on any atom is -0.395 e. The van der Waals surface area contributed by atoms with Gasteiger partial charge in [-0.2, -0.15) is 0 Å². The lowest BCUT2D eigenvalue weighted by molar-refractivity contribution is -0.383. The van der Waals surface area contributed by atoms with Crippen molar-refractivity contribution < 1.29 is 10.0 Å². The molecule has 0 aliphatic rings. The predicted molar refractivity (Wildman–Crippen MR) is 96.6 cm³/mol. The van der Waals surface area contributed by atoms with E-state index in [0.29, 0.717) is 11.7 Å². The highest BCUT2D eigenvalue weighted by Gasteiger charge is 2.27. The first-order chi connectivity index (χ1) is 12.1. The minimum absolute atomic E-state index is 0.0745. The van der Waals surface area contributed by atoms with Crippen molar-refractivity contribution >= 4 is 44.0 Å². The summed E-state index contributed by atoms with van der Waals surface area (Å²) in [6.07, 6.45) is 1.26. The second-order valence-corrected chi connectivity index (χ2v) is 6.10. The van der Waals surface area contributed by atoms with Crippen LogP contribution in [-0.2, 0) is 0 Å². The molecule has 0 fully saturated rings. The predicted octanol–water partition coefficient (Wildman–Crippen LogP) is 2.56. The van der Waals surface area contributed by atoms with Crippen molar-refractivity contribution in [1.82, 2.24) is 15.0 Å². The summed E-state index contributed by atoms with van der Waals surface area (Å²) in [7, 11) is 0. The fourth-order valence-electron chi connectivity index (χ4n) is 2.42. The van der Waals surface area contributed by atoms with Crippen molar-refractivity contribution in [2.75, 3.05) is 29.9 Å². The number of para-hydroxylation sites is 1. The van der Waals surface area contributed by atoms with Gasteiger partial charge in [-0.1, -0.05) is 23.5 Å². The Morgan fingerprint density at radius 2 is 2.16 bits per heavy atom. The van der Waals surface area contributed by atoms with Crippen LogP contribution in [0.4, 0.5) is 22.5 Å². The standard InChI is InChI=1S/C15H16N6O3S/c1-2-20(7-8-22)14-12(21(23)24)13(16-9-17-14)19-15-18-10-5-3-4-6-11(10)25-15/h3-6,9,22H,2,7-8H2,1H3,(H,16,17,18,19). The van der Waals surface area contributed by atoms with E-state index in [9.17, 15) is 10.1 Å². The summed E-state index contributed by atoms with van der Waals surface area (Å²) in [5.74, 6) is 0.241. The zero-order chi connectivity index (χ0) is 17.8. The van der Waals surface area contributed by atoms with Gasteiger partial charge in [0, 0.05) is 13.1 Å². The molecule has 0 saturated heterocycles. The van der Waals surface area contributed by atoms with Crippen LogP contribution >= 0.6 is 11.3 Å². The fourth-order valence-corrected chi connectivity index (χ4v) is 3.29. The van der Waals surface area contributed by atoms with Gasteiger partial charge in [0.1, 0.15) is 6.33 Å². The molecule has 0 bridgehead atoms. The second kappa shape index (κ2) is 7.36. The Bertz CT molecular complexity index is 867. The van der Waals surface area contributed by atoms with Crippen LogP contribution in [0.25, 0.3) is 10.2 Å². The highest BCUT2D eigenvalue weighted by atomic mass is 32.1. The lowest BCUT2D eigenvalue weighted by Crippen LogP contribution is -2.28. The van der Waals surface area contributed by atoms with Gasteiger partial charge in [-0.3, -0.25) is 10.1 Å². The first kappa shape index (κ1) is 17.0. The number of rotatable bonds is 7. The Labute approximate surface area is 147 Å². The largest absolute Gasteiger partial charge is 0.395 e. The zero-order valence-electron chi connectivity index (χ0n) is 13.4. The number of nitrogens with one attached hydrogen (secondary N) is 1. The number of thiazole rings is 1. The molecule has 2 N–H and O–H groups in total. The van der Waals surface area contributed by atoms with E-state index in [1.165, 1.54) is 17.7 Å². The topological polar surface area (TPSA) is 117 Å². The smallest absolute Gasteiger partial charge is 0.353 e. The molecule has 0 aliphatic carbocycles. The molecule has 0 spiro atoms. The number of hydrogen-bond acceptors (Lipinski definition) is 9. The van der Waals surface area contributed by atoms with Crippen LogP contribution in [0.2, 0.25) is 0 Å². The van der Waals surface area contributed by atoms with Crippen LogP contribution in [-0.4, -0.2) is 44.7 Å². The number of aliphatic hydroxyl groups excluding tert-OH is 1. The zero-order valence-corrected chi connectivity index (χ0v) is 14.2. The monoisotopic (exact) mass is 360 g/mol. The van der Waals surface area contributed by atoms with E-state index in [1.54, 1.807) is 4.90 Å². The van der Waals surface area contributed by atoms with Crippen LogP contribution in [0.5, 0.6) is 0 Å². The quantitative estimate of drug-likeness (QED) is 0.487. The summed E-state index contributed by atoms with van der Waals surface area (Å²) in [6.45, 7) is 2.42. The SMILES string of the molecule is CCN(CCO)c1ncnc(Nc2nc3ccccc3s2)c1[N+](=O)[O-]. The number of anilines is 3. The Morgan fingerprint density at radius 1 is 1.36 bits per heavy atom. The molecular formula is C15H16N6O3S. The first-order valence-electron chi connectivity index (χ1n) is 7.61. The van der Waals surface area contributed by atoms with Crippen molar-refractivity contribution in [3.63, 3.8) is 0 Å². The van der Waals surface area contributed by atoms with Gasteiger partial charge in [0.15, 0.2) is 5.13 Å². The second-order valence-electron chi connectivity index (χ2n) is 5.07. The minimum atomic E-state index is -0.523. The molecule has 10 heteroatoms. The molecule has 0 aliphatic heterocycles. The van der Waals surface area contributed by atoms with Gasteiger partial charge in [0.25, 0.3) is 0 Å². The van der Waals surface area contributed by atoms with Crippen LogP contribution < -0.4 is 10.2 Å². The molecule has 0 amide bonds. The molecule has 0 saturated carbocycles. The molecular weight excluding hydrogens is 344 g/mol. The van der Waals surface area contributed by atoms with Crippen molar-refractivity contribution in [1.29, 1.82) is 0 Å². The van der Waals surface area contributed by atoms with E-state index in [0.717, 1.165) is 10.2 Å². The number of aromatic nitrogens is 3. The van der Waals surface area contributed by atoms with Crippen molar-refractivity contribution in [2.24, 2.45) is 0 Å². The third kappa shape index (κ3) is 3.49. The maximum atomic E-state index is 11.6. The molecule has 25 heavy (non-hydrogen) atoms. The number of nitro groups is 1. The summed E-state index contributed by atoms with van der Waals surface area (Å²) in [5.41, 5.74) is 0.569. The average molecular weight is 360 g/mol. The molecule has 1 aromatic carbocycles. The fraction of sp³-hybridized carbons (Fsp3) is 0.267. The van der Waals surface area contributed by atoms with Gasteiger partial charge in [-0.15, -0.1) is 0 Å².